The summed E-state index contributed by atoms with van der Waals surface area (Å²) in [5.74, 6) is 0.234. The highest BCUT2D eigenvalue weighted by molar-refractivity contribution is 6.42. The lowest BCUT2D eigenvalue weighted by atomic mass is 10.1. The molecule has 1 aromatic carbocycles. The van der Waals surface area contributed by atoms with Gasteiger partial charge in [0.1, 0.15) is 0 Å². The fourth-order valence-corrected chi connectivity index (χ4v) is 2.21. The van der Waals surface area contributed by atoms with E-state index in [2.05, 4.69) is 0 Å². The van der Waals surface area contributed by atoms with Gasteiger partial charge in [0.15, 0.2) is 0 Å². The molecule has 0 atom stereocenters. The van der Waals surface area contributed by atoms with E-state index >= 15 is 0 Å². The zero-order chi connectivity index (χ0) is 11.5. The number of carbonyl (C=O) groups excluding carboxylic acids is 1. The van der Waals surface area contributed by atoms with Gasteiger partial charge in [0.2, 0.25) is 5.91 Å². The Labute approximate surface area is 105 Å². The highest BCUT2D eigenvalue weighted by Gasteiger charge is 2.18. The minimum absolute atomic E-state index is 0.234. The zero-order valence-electron chi connectivity index (χ0n) is 8.88. The van der Waals surface area contributed by atoms with Gasteiger partial charge in [-0.1, -0.05) is 29.3 Å². The standard InChI is InChI=1S/C12H13Cl2NO/c13-10-5-4-9(7-11(10)14)8-15-6-2-1-3-12(15)16/h4-5,7H,1-3,6,8H2. The van der Waals surface area contributed by atoms with Gasteiger partial charge < -0.3 is 4.90 Å². The van der Waals surface area contributed by atoms with Gasteiger partial charge in [-0.05, 0) is 30.5 Å². The number of likely N-dealkylation sites (tertiary alicyclic amines) is 1. The quantitative estimate of drug-likeness (QED) is 0.794. The molecule has 1 fully saturated rings. The molecule has 4 heteroatoms. The molecule has 0 saturated carbocycles. The van der Waals surface area contributed by atoms with Crippen molar-refractivity contribution in [2.75, 3.05) is 6.54 Å². The molecule has 1 saturated heterocycles. The molecule has 0 unspecified atom stereocenters. The third-order valence-corrected chi connectivity index (χ3v) is 3.52. The molecule has 1 heterocycles. The maximum absolute atomic E-state index is 11.6. The van der Waals surface area contributed by atoms with E-state index in [4.69, 9.17) is 23.2 Å². The van der Waals surface area contributed by atoms with E-state index in [1.165, 1.54) is 0 Å². The first-order valence-electron chi connectivity index (χ1n) is 5.38. The van der Waals surface area contributed by atoms with Crippen LogP contribution < -0.4 is 0 Å². The molecule has 0 spiro atoms. The number of benzene rings is 1. The van der Waals surface area contributed by atoms with Gasteiger partial charge in [0, 0.05) is 19.5 Å². The van der Waals surface area contributed by atoms with E-state index in [0.717, 1.165) is 24.9 Å². The summed E-state index contributed by atoms with van der Waals surface area (Å²) in [4.78, 5) is 13.5. The zero-order valence-corrected chi connectivity index (χ0v) is 10.4. The fraction of sp³-hybridized carbons (Fsp3) is 0.417. The van der Waals surface area contributed by atoms with Crippen LogP contribution in [0.4, 0.5) is 0 Å². The average molecular weight is 258 g/mol. The summed E-state index contributed by atoms with van der Waals surface area (Å²) in [6, 6.07) is 5.51. The van der Waals surface area contributed by atoms with Crippen LogP contribution in [0.1, 0.15) is 24.8 Å². The molecule has 1 aromatic rings. The first kappa shape index (κ1) is 11.7. The van der Waals surface area contributed by atoms with Crippen LogP contribution in [0, 0.1) is 0 Å². The minimum atomic E-state index is 0.234. The number of amides is 1. The van der Waals surface area contributed by atoms with Gasteiger partial charge in [-0.3, -0.25) is 4.79 Å². The Hall–Kier alpha value is -0.730. The van der Waals surface area contributed by atoms with E-state index in [1.54, 1.807) is 6.07 Å². The van der Waals surface area contributed by atoms with Crippen LogP contribution in [-0.4, -0.2) is 17.4 Å². The van der Waals surface area contributed by atoms with Gasteiger partial charge >= 0.3 is 0 Å². The summed E-state index contributed by atoms with van der Waals surface area (Å²) in [5, 5.41) is 1.10. The molecule has 0 aliphatic carbocycles. The Morgan fingerprint density at radius 1 is 1.19 bits per heavy atom. The average Bonchev–Trinajstić information content (AvgIpc) is 2.27. The van der Waals surface area contributed by atoms with Crippen molar-refractivity contribution < 1.29 is 4.79 Å². The number of halogens is 2. The van der Waals surface area contributed by atoms with Crippen LogP contribution in [0.25, 0.3) is 0 Å². The fourth-order valence-electron chi connectivity index (χ4n) is 1.89. The van der Waals surface area contributed by atoms with Crippen molar-refractivity contribution in [1.29, 1.82) is 0 Å². The number of hydrogen-bond donors (Lipinski definition) is 0. The second-order valence-corrected chi connectivity index (χ2v) is 4.84. The smallest absolute Gasteiger partial charge is 0.222 e. The Balaban J connectivity index is 2.08. The topological polar surface area (TPSA) is 20.3 Å². The lowest BCUT2D eigenvalue weighted by Crippen LogP contribution is -2.34. The molecule has 2 rings (SSSR count). The molecular weight excluding hydrogens is 245 g/mol. The predicted octanol–water partition coefficient (Wildman–Crippen LogP) is 3.51. The monoisotopic (exact) mass is 257 g/mol. The first-order valence-corrected chi connectivity index (χ1v) is 6.14. The van der Waals surface area contributed by atoms with Gasteiger partial charge in [-0.25, -0.2) is 0 Å². The number of hydrogen-bond acceptors (Lipinski definition) is 1. The van der Waals surface area contributed by atoms with Crippen molar-refractivity contribution in [2.45, 2.75) is 25.8 Å². The van der Waals surface area contributed by atoms with Gasteiger partial charge in [-0.15, -0.1) is 0 Å². The summed E-state index contributed by atoms with van der Waals surface area (Å²) in [6.07, 6.45) is 2.77. The third kappa shape index (κ3) is 2.69. The molecule has 1 amide bonds. The highest BCUT2D eigenvalue weighted by Crippen LogP contribution is 2.24. The van der Waals surface area contributed by atoms with E-state index in [9.17, 15) is 4.79 Å². The van der Waals surface area contributed by atoms with E-state index < -0.39 is 0 Å². The van der Waals surface area contributed by atoms with Crippen LogP contribution in [0.2, 0.25) is 10.0 Å². The Kier molecular flexibility index (Phi) is 3.72. The maximum Gasteiger partial charge on any atom is 0.222 e. The van der Waals surface area contributed by atoms with E-state index in [1.807, 2.05) is 17.0 Å². The molecule has 86 valence electrons. The van der Waals surface area contributed by atoms with E-state index in [-0.39, 0.29) is 5.91 Å². The van der Waals surface area contributed by atoms with Crippen molar-refractivity contribution in [3.63, 3.8) is 0 Å². The molecule has 16 heavy (non-hydrogen) atoms. The Morgan fingerprint density at radius 2 is 2.00 bits per heavy atom. The van der Waals surface area contributed by atoms with Crippen molar-refractivity contribution >= 4 is 29.1 Å². The predicted molar refractivity (Wildman–Crippen MR) is 65.7 cm³/mol. The summed E-state index contributed by atoms with van der Waals surface area (Å²) in [6.45, 7) is 1.48. The van der Waals surface area contributed by atoms with Crippen molar-refractivity contribution in [2.24, 2.45) is 0 Å². The SMILES string of the molecule is O=C1CCCCN1Cc1ccc(Cl)c(Cl)c1. The van der Waals surface area contributed by atoms with Gasteiger partial charge in [0.25, 0.3) is 0 Å². The van der Waals surface area contributed by atoms with Crippen LogP contribution in [0.15, 0.2) is 18.2 Å². The van der Waals surface area contributed by atoms with Gasteiger partial charge in [0.05, 0.1) is 10.0 Å². The molecule has 0 radical (unpaired) electrons. The van der Waals surface area contributed by atoms with Crippen LogP contribution >= 0.6 is 23.2 Å². The molecule has 0 bridgehead atoms. The molecule has 0 N–H and O–H groups in total. The number of nitrogens with zero attached hydrogens (tertiary/aromatic N) is 1. The second-order valence-electron chi connectivity index (χ2n) is 4.02. The maximum atomic E-state index is 11.6. The summed E-state index contributed by atoms with van der Waals surface area (Å²) < 4.78 is 0. The molecule has 1 aliphatic heterocycles. The van der Waals surface area contributed by atoms with Crippen LogP contribution in [-0.2, 0) is 11.3 Å². The van der Waals surface area contributed by atoms with Crippen LogP contribution in [0.3, 0.4) is 0 Å². The first-order chi connectivity index (χ1) is 7.66. The summed E-state index contributed by atoms with van der Waals surface area (Å²) in [5.41, 5.74) is 1.03. The Morgan fingerprint density at radius 3 is 2.69 bits per heavy atom. The molecular formula is C12H13Cl2NO. The highest BCUT2D eigenvalue weighted by atomic mass is 35.5. The van der Waals surface area contributed by atoms with Crippen molar-refractivity contribution in [1.82, 2.24) is 4.90 Å². The lowest BCUT2D eigenvalue weighted by Gasteiger charge is -2.26. The van der Waals surface area contributed by atoms with E-state index in [0.29, 0.717) is 23.0 Å². The molecule has 2 nitrogen and oxygen atoms in total. The number of piperidine rings is 1. The van der Waals surface area contributed by atoms with Crippen LogP contribution in [0.5, 0.6) is 0 Å². The van der Waals surface area contributed by atoms with Crippen molar-refractivity contribution in [3.8, 4) is 0 Å². The molecule has 0 aromatic heterocycles. The summed E-state index contributed by atoms with van der Waals surface area (Å²) >= 11 is 11.8. The number of carbonyl (C=O) groups is 1. The molecule has 1 aliphatic rings. The number of rotatable bonds is 2. The lowest BCUT2D eigenvalue weighted by molar-refractivity contribution is -0.133. The normalized spacial score (nSPS) is 16.6. The third-order valence-electron chi connectivity index (χ3n) is 2.78. The summed E-state index contributed by atoms with van der Waals surface area (Å²) in [7, 11) is 0. The Bertz CT molecular complexity index is 406. The van der Waals surface area contributed by atoms with Crippen molar-refractivity contribution in [3.05, 3.63) is 33.8 Å². The van der Waals surface area contributed by atoms with Gasteiger partial charge in [-0.2, -0.15) is 0 Å². The largest absolute Gasteiger partial charge is 0.338 e. The minimum Gasteiger partial charge on any atom is -0.338 e. The second kappa shape index (κ2) is 5.07.